The number of rotatable bonds is 3. The van der Waals surface area contributed by atoms with Crippen LogP contribution in [-0.2, 0) is 0 Å². The predicted octanol–water partition coefficient (Wildman–Crippen LogP) is 3.53. The lowest BCUT2D eigenvalue weighted by molar-refractivity contribution is 0.0724. The van der Waals surface area contributed by atoms with Crippen LogP contribution >= 0.6 is 11.6 Å². The summed E-state index contributed by atoms with van der Waals surface area (Å²) >= 11 is 6.17. The summed E-state index contributed by atoms with van der Waals surface area (Å²) in [7, 11) is 0. The zero-order chi connectivity index (χ0) is 16.6. The van der Waals surface area contributed by atoms with Gasteiger partial charge in [0.1, 0.15) is 17.3 Å². The van der Waals surface area contributed by atoms with Gasteiger partial charge in [0, 0.05) is 18.5 Å². The first-order valence-corrected chi connectivity index (χ1v) is 8.11. The Hall–Kier alpha value is -1.95. The van der Waals surface area contributed by atoms with Gasteiger partial charge in [-0.05, 0) is 19.8 Å². The number of aromatic nitrogens is 3. The molecule has 2 aromatic heterocycles. The summed E-state index contributed by atoms with van der Waals surface area (Å²) in [6.45, 7) is 6.46. The maximum Gasteiger partial charge on any atom is 0.274 e. The molecule has 0 N–H and O–H groups in total. The zero-order valence-corrected chi connectivity index (χ0v) is 14.2. The highest BCUT2D eigenvalue weighted by atomic mass is 35.5. The topological polar surface area (TPSA) is 72.1 Å². The van der Waals surface area contributed by atoms with Crippen molar-refractivity contribution in [1.82, 2.24) is 20.0 Å². The summed E-state index contributed by atoms with van der Waals surface area (Å²) in [5.41, 5.74) is 1.04. The van der Waals surface area contributed by atoms with Crippen molar-refractivity contribution in [3.8, 4) is 0 Å². The lowest BCUT2D eigenvalue weighted by atomic mass is 10.1. The van der Waals surface area contributed by atoms with Crippen molar-refractivity contribution in [2.24, 2.45) is 0 Å². The van der Waals surface area contributed by atoms with Gasteiger partial charge in [-0.25, -0.2) is 9.97 Å². The van der Waals surface area contributed by atoms with E-state index in [2.05, 4.69) is 15.1 Å². The summed E-state index contributed by atoms with van der Waals surface area (Å²) in [5.74, 6) is 1.31. The molecule has 1 fully saturated rings. The molecule has 3 heterocycles. The van der Waals surface area contributed by atoms with Crippen LogP contribution in [0.4, 0.5) is 0 Å². The predicted molar refractivity (Wildman–Crippen MR) is 85.4 cm³/mol. The Morgan fingerprint density at radius 1 is 1.48 bits per heavy atom. The molecule has 0 aliphatic carbocycles. The monoisotopic (exact) mass is 334 g/mol. The van der Waals surface area contributed by atoms with Gasteiger partial charge in [0.2, 0.25) is 0 Å². The Kier molecular flexibility index (Phi) is 4.35. The third-order valence-electron chi connectivity index (χ3n) is 3.98. The molecule has 0 saturated carbocycles. The highest BCUT2D eigenvalue weighted by Crippen LogP contribution is 2.33. The highest BCUT2D eigenvalue weighted by molar-refractivity contribution is 6.33. The van der Waals surface area contributed by atoms with Gasteiger partial charge in [-0.3, -0.25) is 4.79 Å². The molecule has 1 saturated heterocycles. The molecule has 0 radical (unpaired) electrons. The number of aryl methyl sites for hydroxylation is 1. The van der Waals surface area contributed by atoms with Gasteiger partial charge in [-0.15, -0.1) is 0 Å². The van der Waals surface area contributed by atoms with Crippen molar-refractivity contribution in [3.63, 3.8) is 0 Å². The highest BCUT2D eigenvalue weighted by Gasteiger charge is 2.34. The number of carbonyl (C=O) groups excluding carboxylic acids is 1. The lowest BCUT2D eigenvalue weighted by Gasteiger charge is -2.23. The van der Waals surface area contributed by atoms with Crippen LogP contribution in [0.5, 0.6) is 0 Å². The average Bonchev–Trinajstić information content (AvgIpc) is 3.15. The van der Waals surface area contributed by atoms with Crippen molar-refractivity contribution in [3.05, 3.63) is 40.3 Å². The minimum Gasteiger partial charge on any atom is -0.361 e. The van der Waals surface area contributed by atoms with E-state index in [9.17, 15) is 4.79 Å². The molecule has 0 bridgehead atoms. The standard InChI is InChI=1S/C16H19ClN4O2/c1-9(2)15-18-8-11(17)14(19-15)16(22)21-6-4-5-13(21)12-7-10(3)23-20-12/h7-9,13H,4-6H2,1-3H3/t13-/m0/s1. The second-order valence-electron chi connectivity index (χ2n) is 6.10. The Balaban J connectivity index is 1.91. The second kappa shape index (κ2) is 6.28. The normalized spacial score (nSPS) is 18.0. The van der Waals surface area contributed by atoms with Crippen molar-refractivity contribution in [2.75, 3.05) is 6.54 Å². The molecule has 6 nitrogen and oxygen atoms in total. The Morgan fingerprint density at radius 3 is 2.91 bits per heavy atom. The Bertz CT molecular complexity index is 729. The minimum absolute atomic E-state index is 0.0894. The molecule has 1 atom stereocenters. The average molecular weight is 335 g/mol. The largest absolute Gasteiger partial charge is 0.361 e. The lowest BCUT2D eigenvalue weighted by Crippen LogP contribution is -2.32. The van der Waals surface area contributed by atoms with Crippen LogP contribution in [0.15, 0.2) is 16.8 Å². The molecule has 23 heavy (non-hydrogen) atoms. The fourth-order valence-corrected chi connectivity index (χ4v) is 2.98. The molecule has 0 aromatic carbocycles. The molecular weight excluding hydrogens is 316 g/mol. The van der Waals surface area contributed by atoms with Gasteiger partial charge in [-0.1, -0.05) is 30.6 Å². The summed E-state index contributed by atoms with van der Waals surface area (Å²) in [6, 6.07) is 1.78. The van der Waals surface area contributed by atoms with Gasteiger partial charge in [0.15, 0.2) is 5.69 Å². The molecule has 0 spiro atoms. The van der Waals surface area contributed by atoms with E-state index in [-0.39, 0.29) is 28.6 Å². The number of amides is 1. The van der Waals surface area contributed by atoms with Crippen LogP contribution in [0.3, 0.4) is 0 Å². The first-order valence-electron chi connectivity index (χ1n) is 7.74. The number of hydrogen-bond donors (Lipinski definition) is 0. The maximum atomic E-state index is 12.9. The number of halogens is 1. The molecule has 122 valence electrons. The molecule has 3 rings (SSSR count). The number of likely N-dealkylation sites (tertiary alicyclic amines) is 1. The molecule has 2 aromatic rings. The molecule has 1 amide bonds. The third kappa shape index (κ3) is 3.08. The van der Waals surface area contributed by atoms with E-state index in [1.54, 1.807) is 4.90 Å². The molecule has 1 aliphatic rings. The van der Waals surface area contributed by atoms with Crippen LogP contribution in [0.1, 0.15) is 66.4 Å². The smallest absolute Gasteiger partial charge is 0.274 e. The van der Waals surface area contributed by atoms with Gasteiger partial charge in [-0.2, -0.15) is 0 Å². The van der Waals surface area contributed by atoms with Crippen LogP contribution in [0.25, 0.3) is 0 Å². The second-order valence-corrected chi connectivity index (χ2v) is 6.51. The Labute approximate surface area is 139 Å². The quantitative estimate of drug-likeness (QED) is 0.858. The van der Waals surface area contributed by atoms with E-state index in [0.717, 1.165) is 24.3 Å². The van der Waals surface area contributed by atoms with Crippen molar-refractivity contribution in [1.29, 1.82) is 0 Å². The van der Waals surface area contributed by atoms with E-state index in [1.807, 2.05) is 26.8 Å². The molecule has 7 heteroatoms. The van der Waals surface area contributed by atoms with Crippen molar-refractivity contribution < 1.29 is 9.32 Å². The van der Waals surface area contributed by atoms with Gasteiger partial charge in [0.05, 0.1) is 17.3 Å². The van der Waals surface area contributed by atoms with Gasteiger partial charge in [0.25, 0.3) is 5.91 Å². The fourth-order valence-electron chi connectivity index (χ4n) is 2.80. The molecule has 1 aliphatic heterocycles. The van der Waals surface area contributed by atoms with Crippen LogP contribution < -0.4 is 0 Å². The van der Waals surface area contributed by atoms with E-state index in [4.69, 9.17) is 16.1 Å². The Morgan fingerprint density at radius 2 is 2.26 bits per heavy atom. The zero-order valence-electron chi connectivity index (χ0n) is 13.4. The number of hydrogen-bond acceptors (Lipinski definition) is 5. The summed E-state index contributed by atoms with van der Waals surface area (Å²) in [5, 5.41) is 4.34. The van der Waals surface area contributed by atoms with Crippen molar-refractivity contribution >= 4 is 17.5 Å². The van der Waals surface area contributed by atoms with Gasteiger partial charge >= 0.3 is 0 Å². The number of nitrogens with zero attached hydrogens (tertiary/aromatic N) is 4. The summed E-state index contributed by atoms with van der Waals surface area (Å²) in [6.07, 6.45) is 3.28. The van der Waals surface area contributed by atoms with E-state index in [1.165, 1.54) is 6.20 Å². The first-order chi connectivity index (χ1) is 11.0. The summed E-state index contributed by atoms with van der Waals surface area (Å²) in [4.78, 5) is 23.3. The van der Waals surface area contributed by atoms with Crippen molar-refractivity contribution in [2.45, 2.75) is 45.6 Å². The SMILES string of the molecule is Cc1cc([C@@H]2CCCN2C(=O)c2nc(C(C)C)ncc2Cl)no1. The fraction of sp³-hybridized carbons (Fsp3) is 0.500. The van der Waals surface area contributed by atoms with E-state index >= 15 is 0 Å². The van der Waals surface area contributed by atoms with E-state index < -0.39 is 0 Å². The van der Waals surface area contributed by atoms with Crippen LogP contribution in [0.2, 0.25) is 5.02 Å². The number of carbonyl (C=O) groups is 1. The van der Waals surface area contributed by atoms with Gasteiger partial charge < -0.3 is 9.42 Å². The first kappa shape index (κ1) is 15.9. The minimum atomic E-state index is -0.178. The molecule has 0 unspecified atom stereocenters. The third-order valence-corrected chi connectivity index (χ3v) is 4.26. The van der Waals surface area contributed by atoms with Crippen LogP contribution in [0, 0.1) is 6.92 Å². The maximum absolute atomic E-state index is 12.9. The molecular formula is C16H19ClN4O2. The van der Waals surface area contributed by atoms with Crippen LogP contribution in [-0.4, -0.2) is 32.5 Å². The van der Waals surface area contributed by atoms with E-state index in [0.29, 0.717) is 12.4 Å². The summed E-state index contributed by atoms with van der Waals surface area (Å²) < 4.78 is 5.15.